The summed E-state index contributed by atoms with van der Waals surface area (Å²) >= 11 is 0. The normalized spacial score (nSPS) is 15.5. The molecule has 4 N–H and O–H groups in total. The van der Waals surface area contributed by atoms with Crippen LogP contribution in [-0.4, -0.2) is 52.0 Å². The largest absolute Gasteiger partial charge is 0.430 e. The smallest absolute Gasteiger partial charge is 0.332 e. The molecule has 0 aromatic rings. The summed E-state index contributed by atoms with van der Waals surface area (Å²) in [6.07, 6.45) is 0.825. The van der Waals surface area contributed by atoms with Gasteiger partial charge in [0.25, 0.3) is 0 Å². The van der Waals surface area contributed by atoms with Gasteiger partial charge in [-0.15, -0.1) is 0 Å². The van der Waals surface area contributed by atoms with Crippen molar-refractivity contribution in [3.8, 4) is 0 Å². The summed E-state index contributed by atoms with van der Waals surface area (Å²) in [5.41, 5.74) is -1.72. The molecular formula is C9H16O6. The summed E-state index contributed by atoms with van der Waals surface area (Å²) in [6.45, 7) is 1.98. The zero-order valence-electron chi connectivity index (χ0n) is 8.51. The fourth-order valence-electron chi connectivity index (χ4n) is 0.936. The van der Waals surface area contributed by atoms with Gasteiger partial charge in [-0.3, -0.25) is 0 Å². The Kier molecular flexibility index (Phi) is 4.89. The van der Waals surface area contributed by atoms with E-state index in [9.17, 15) is 9.90 Å². The average Bonchev–Trinajstić information content (AvgIpc) is 2.20. The Bertz CT molecular complexity index is 222. The highest BCUT2D eigenvalue weighted by molar-refractivity contribution is 5.81. The Morgan fingerprint density at radius 3 is 2.00 bits per heavy atom. The molecule has 0 amide bonds. The Hall–Kier alpha value is -0.950. The molecule has 1 unspecified atom stereocenters. The Labute approximate surface area is 87.4 Å². The lowest BCUT2D eigenvalue weighted by Gasteiger charge is -2.40. The number of esters is 1. The van der Waals surface area contributed by atoms with Crippen LogP contribution in [0.25, 0.3) is 0 Å². The van der Waals surface area contributed by atoms with Crippen molar-refractivity contribution < 1.29 is 30.0 Å². The zero-order valence-corrected chi connectivity index (χ0v) is 8.51. The van der Waals surface area contributed by atoms with Crippen LogP contribution in [0, 0.1) is 5.41 Å². The first kappa shape index (κ1) is 14.1. The molecule has 0 saturated carbocycles. The SMILES string of the molecule is C=CC(=O)OC(C)(O)C(CO)(CO)CO. The highest BCUT2D eigenvalue weighted by Crippen LogP contribution is 2.31. The van der Waals surface area contributed by atoms with Crippen LogP contribution in [0.5, 0.6) is 0 Å². The van der Waals surface area contributed by atoms with Gasteiger partial charge in [-0.05, 0) is 0 Å². The van der Waals surface area contributed by atoms with Crippen LogP contribution >= 0.6 is 0 Å². The van der Waals surface area contributed by atoms with Gasteiger partial charge in [0.2, 0.25) is 5.79 Å². The third-order valence-corrected chi connectivity index (χ3v) is 2.36. The summed E-state index contributed by atoms with van der Waals surface area (Å²) in [6, 6.07) is 0. The van der Waals surface area contributed by atoms with Gasteiger partial charge in [0.15, 0.2) is 0 Å². The number of ether oxygens (including phenoxy) is 1. The standard InChI is InChI=1S/C9H16O6/c1-3-7(13)15-8(2,14)9(4-10,5-11)6-12/h3,10-12,14H,1,4-6H2,2H3. The third-order valence-electron chi connectivity index (χ3n) is 2.36. The molecule has 0 radical (unpaired) electrons. The highest BCUT2D eigenvalue weighted by atomic mass is 16.7. The van der Waals surface area contributed by atoms with E-state index >= 15 is 0 Å². The van der Waals surface area contributed by atoms with E-state index in [1.165, 1.54) is 0 Å². The van der Waals surface area contributed by atoms with Gasteiger partial charge >= 0.3 is 5.97 Å². The second-order valence-corrected chi connectivity index (χ2v) is 3.36. The molecule has 0 aliphatic carbocycles. The molecule has 0 aliphatic rings. The van der Waals surface area contributed by atoms with Crippen LogP contribution in [0.3, 0.4) is 0 Å². The maximum atomic E-state index is 10.9. The van der Waals surface area contributed by atoms with Crippen molar-refractivity contribution >= 4 is 5.97 Å². The Morgan fingerprint density at radius 2 is 1.73 bits per heavy atom. The number of hydrogen-bond acceptors (Lipinski definition) is 6. The van der Waals surface area contributed by atoms with Crippen molar-refractivity contribution in [1.29, 1.82) is 0 Å². The summed E-state index contributed by atoms with van der Waals surface area (Å²) in [5.74, 6) is -3.10. The average molecular weight is 220 g/mol. The fourth-order valence-corrected chi connectivity index (χ4v) is 0.936. The molecule has 0 aliphatic heterocycles. The van der Waals surface area contributed by atoms with Gasteiger partial charge in [0, 0.05) is 13.0 Å². The number of aliphatic hydroxyl groups excluding tert-OH is 3. The van der Waals surface area contributed by atoms with Gasteiger partial charge in [-0.25, -0.2) is 4.79 Å². The lowest BCUT2D eigenvalue weighted by molar-refractivity contribution is -0.272. The quantitative estimate of drug-likeness (QED) is 0.244. The number of carbonyl (C=O) groups is 1. The van der Waals surface area contributed by atoms with Crippen molar-refractivity contribution in [2.75, 3.05) is 19.8 Å². The van der Waals surface area contributed by atoms with Crippen LogP contribution < -0.4 is 0 Å². The maximum absolute atomic E-state index is 10.9. The fraction of sp³-hybridized carbons (Fsp3) is 0.667. The minimum Gasteiger partial charge on any atom is -0.430 e. The molecule has 0 saturated heterocycles. The third kappa shape index (κ3) is 2.75. The van der Waals surface area contributed by atoms with Crippen LogP contribution in [0.1, 0.15) is 6.92 Å². The van der Waals surface area contributed by atoms with E-state index < -0.39 is 37.0 Å². The van der Waals surface area contributed by atoms with E-state index in [4.69, 9.17) is 15.3 Å². The molecule has 0 bridgehead atoms. The second kappa shape index (κ2) is 5.22. The summed E-state index contributed by atoms with van der Waals surface area (Å²) in [7, 11) is 0. The van der Waals surface area contributed by atoms with E-state index in [-0.39, 0.29) is 0 Å². The van der Waals surface area contributed by atoms with Crippen LogP contribution in [-0.2, 0) is 9.53 Å². The minimum absolute atomic E-state index is 0.739. The topological polar surface area (TPSA) is 107 Å². The number of rotatable bonds is 6. The maximum Gasteiger partial charge on any atom is 0.332 e. The summed E-state index contributed by atoms with van der Waals surface area (Å²) < 4.78 is 4.54. The van der Waals surface area contributed by atoms with Crippen molar-refractivity contribution in [3.63, 3.8) is 0 Å². The van der Waals surface area contributed by atoms with Crippen molar-refractivity contribution in [2.24, 2.45) is 5.41 Å². The van der Waals surface area contributed by atoms with Gasteiger partial charge in [0.1, 0.15) is 5.41 Å². The van der Waals surface area contributed by atoms with Crippen molar-refractivity contribution in [2.45, 2.75) is 12.7 Å². The molecule has 0 rings (SSSR count). The van der Waals surface area contributed by atoms with Gasteiger partial charge in [-0.1, -0.05) is 6.58 Å². The predicted molar refractivity (Wildman–Crippen MR) is 50.6 cm³/mol. The van der Waals surface area contributed by atoms with Crippen LogP contribution in [0.2, 0.25) is 0 Å². The van der Waals surface area contributed by atoms with Gasteiger partial charge in [-0.2, -0.15) is 0 Å². The lowest BCUT2D eigenvalue weighted by atomic mass is 9.82. The van der Waals surface area contributed by atoms with Crippen molar-refractivity contribution in [1.82, 2.24) is 0 Å². The Balaban J connectivity index is 4.93. The molecule has 0 fully saturated rings. The lowest BCUT2D eigenvalue weighted by Crippen LogP contribution is -2.56. The molecule has 0 aromatic carbocycles. The Morgan fingerprint density at radius 1 is 1.33 bits per heavy atom. The number of carbonyl (C=O) groups excluding carboxylic acids is 1. The van der Waals surface area contributed by atoms with Crippen molar-refractivity contribution in [3.05, 3.63) is 12.7 Å². The van der Waals surface area contributed by atoms with Crippen LogP contribution in [0.4, 0.5) is 0 Å². The van der Waals surface area contributed by atoms with E-state index in [1.54, 1.807) is 0 Å². The molecule has 0 aromatic heterocycles. The summed E-state index contributed by atoms with van der Waals surface area (Å²) in [5, 5.41) is 36.8. The van der Waals surface area contributed by atoms with E-state index in [1.807, 2.05) is 0 Å². The first-order valence-electron chi connectivity index (χ1n) is 4.29. The highest BCUT2D eigenvalue weighted by Gasteiger charge is 2.49. The van der Waals surface area contributed by atoms with Gasteiger partial charge in [0.05, 0.1) is 19.8 Å². The molecule has 6 nitrogen and oxygen atoms in total. The first-order valence-corrected chi connectivity index (χ1v) is 4.29. The van der Waals surface area contributed by atoms with E-state index in [2.05, 4.69) is 11.3 Å². The number of aliphatic hydroxyl groups is 4. The summed E-state index contributed by atoms with van der Waals surface area (Å²) in [4.78, 5) is 10.9. The predicted octanol–water partition coefficient (Wildman–Crippen LogP) is -1.61. The van der Waals surface area contributed by atoms with E-state index in [0.29, 0.717) is 0 Å². The molecule has 15 heavy (non-hydrogen) atoms. The molecule has 0 heterocycles. The number of hydrogen-bond donors (Lipinski definition) is 4. The monoisotopic (exact) mass is 220 g/mol. The molecule has 1 atom stereocenters. The second-order valence-electron chi connectivity index (χ2n) is 3.36. The molecule has 0 spiro atoms. The molecular weight excluding hydrogens is 204 g/mol. The zero-order chi connectivity index (χ0) is 12.1. The van der Waals surface area contributed by atoms with E-state index in [0.717, 1.165) is 13.0 Å². The minimum atomic E-state index is -2.18. The molecule has 88 valence electrons. The van der Waals surface area contributed by atoms with Crippen LogP contribution in [0.15, 0.2) is 12.7 Å². The van der Waals surface area contributed by atoms with Gasteiger partial charge < -0.3 is 25.2 Å². The molecule has 6 heteroatoms. The first-order chi connectivity index (χ1) is 6.89.